The number of carbonyl (C=O) groups is 2. The maximum absolute atomic E-state index is 12.3. The molecular weight excluding hydrogens is 356 g/mol. The molecule has 0 bridgehead atoms. The van der Waals surface area contributed by atoms with Crippen molar-refractivity contribution < 1.29 is 14.3 Å². The summed E-state index contributed by atoms with van der Waals surface area (Å²) in [6.07, 6.45) is 3.49. The lowest BCUT2D eigenvalue weighted by Crippen LogP contribution is -2.15. The standard InChI is InChI=1S/C16H16N6O3S/c1-3-25-14(23)8-11-9-26-16(18-11)19-15(24)12-4-5-13(21-20-12)22-7-6-17-10(22)2/h4-7,9H,3,8H2,1-2H3,(H,18,19,24). The Morgan fingerprint density at radius 3 is 2.81 bits per heavy atom. The van der Waals surface area contributed by atoms with Gasteiger partial charge in [0.1, 0.15) is 5.82 Å². The second-order valence-corrected chi connectivity index (χ2v) is 6.06. The third-order valence-corrected chi connectivity index (χ3v) is 4.17. The first-order valence-corrected chi connectivity index (χ1v) is 8.70. The lowest BCUT2D eigenvalue weighted by Gasteiger charge is -2.04. The zero-order chi connectivity index (χ0) is 18.5. The Morgan fingerprint density at radius 2 is 2.15 bits per heavy atom. The normalized spacial score (nSPS) is 10.5. The molecule has 0 spiro atoms. The molecule has 3 heterocycles. The number of rotatable bonds is 6. The SMILES string of the molecule is CCOC(=O)Cc1csc(NC(=O)c2ccc(-n3ccnc3C)nn2)n1. The molecule has 0 radical (unpaired) electrons. The van der Waals surface area contributed by atoms with Crippen LogP contribution in [0.25, 0.3) is 5.82 Å². The summed E-state index contributed by atoms with van der Waals surface area (Å²) in [5.41, 5.74) is 0.703. The molecule has 0 saturated heterocycles. The monoisotopic (exact) mass is 372 g/mol. The molecule has 9 nitrogen and oxygen atoms in total. The summed E-state index contributed by atoms with van der Waals surface area (Å²) in [4.78, 5) is 32.0. The Hall–Kier alpha value is -3.14. The van der Waals surface area contributed by atoms with Crippen LogP contribution in [0.5, 0.6) is 0 Å². The summed E-state index contributed by atoms with van der Waals surface area (Å²) >= 11 is 1.22. The molecule has 3 aromatic heterocycles. The number of thiazole rings is 1. The van der Waals surface area contributed by atoms with Crippen LogP contribution in [0, 0.1) is 6.92 Å². The van der Waals surface area contributed by atoms with Crippen LogP contribution in [0.15, 0.2) is 29.9 Å². The molecule has 0 atom stereocenters. The molecule has 0 aliphatic heterocycles. The highest BCUT2D eigenvalue weighted by Gasteiger charge is 2.13. The van der Waals surface area contributed by atoms with Crippen LogP contribution < -0.4 is 5.32 Å². The Labute approximate surface area is 153 Å². The van der Waals surface area contributed by atoms with Gasteiger partial charge in [-0.15, -0.1) is 21.5 Å². The highest BCUT2D eigenvalue weighted by Crippen LogP contribution is 2.17. The number of imidazole rings is 1. The fourth-order valence-corrected chi connectivity index (χ4v) is 2.87. The van der Waals surface area contributed by atoms with E-state index < -0.39 is 5.91 Å². The Balaban J connectivity index is 1.64. The zero-order valence-electron chi connectivity index (χ0n) is 14.2. The van der Waals surface area contributed by atoms with E-state index in [0.29, 0.717) is 23.3 Å². The zero-order valence-corrected chi connectivity index (χ0v) is 15.0. The fraction of sp³-hybridized carbons (Fsp3) is 0.250. The van der Waals surface area contributed by atoms with Crippen molar-refractivity contribution in [2.24, 2.45) is 0 Å². The molecule has 0 aromatic carbocycles. The third-order valence-electron chi connectivity index (χ3n) is 3.36. The van der Waals surface area contributed by atoms with E-state index in [0.717, 1.165) is 5.82 Å². The Kier molecular flexibility index (Phi) is 5.32. The van der Waals surface area contributed by atoms with E-state index >= 15 is 0 Å². The van der Waals surface area contributed by atoms with Crippen molar-refractivity contribution in [1.29, 1.82) is 0 Å². The van der Waals surface area contributed by atoms with Gasteiger partial charge in [-0.05, 0) is 26.0 Å². The summed E-state index contributed by atoms with van der Waals surface area (Å²) in [6, 6.07) is 3.26. The second-order valence-electron chi connectivity index (χ2n) is 5.20. The molecule has 0 aliphatic carbocycles. The van der Waals surface area contributed by atoms with Gasteiger partial charge in [0.2, 0.25) is 0 Å². The van der Waals surface area contributed by atoms with Crippen LogP contribution in [0.3, 0.4) is 0 Å². The van der Waals surface area contributed by atoms with Gasteiger partial charge in [-0.25, -0.2) is 9.97 Å². The van der Waals surface area contributed by atoms with E-state index in [4.69, 9.17) is 4.74 Å². The van der Waals surface area contributed by atoms with Crippen LogP contribution in [-0.4, -0.2) is 43.2 Å². The minimum atomic E-state index is -0.427. The largest absolute Gasteiger partial charge is 0.466 e. The fourth-order valence-electron chi connectivity index (χ4n) is 2.16. The summed E-state index contributed by atoms with van der Waals surface area (Å²) < 4.78 is 6.63. The van der Waals surface area contributed by atoms with Crippen molar-refractivity contribution in [2.75, 3.05) is 11.9 Å². The highest BCUT2D eigenvalue weighted by molar-refractivity contribution is 7.14. The van der Waals surface area contributed by atoms with E-state index in [1.165, 1.54) is 11.3 Å². The van der Waals surface area contributed by atoms with Gasteiger partial charge in [-0.3, -0.25) is 19.5 Å². The lowest BCUT2D eigenvalue weighted by molar-refractivity contribution is -0.142. The van der Waals surface area contributed by atoms with Crippen molar-refractivity contribution in [3.8, 4) is 5.82 Å². The lowest BCUT2D eigenvalue weighted by atomic mass is 10.3. The molecule has 134 valence electrons. The number of anilines is 1. The van der Waals surface area contributed by atoms with E-state index in [1.807, 2.05) is 6.92 Å². The second kappa shape index (κ2) is 7.83. The van der Waals surface area contributed by atoms with Crippen molar-refractivity contribution in [3.63, 3.8) is 0 Å². The maximum Gasteiger partial charge on any atom is 0.311 e. The molecule has 3 rings (SSSR count). The molecule has 0 aliphatic rings. The average molecular weight is 372 g/mol. The van der Waals surface area contributed by atoms with Gasteiger partial charge in [0.25, 0.3) is 5.91 Å². The average Bonchev–Trinajstić information content (AvgIpc) is 3.24. The number of hydrogen-bond acceptors (Lipinski definition) is 8. The van der Waals surface area contributed by atoms with Gasteiger partial charge < -0.3 is 4.74 Å². The van der Waals surface area contributed by atoms with Crippen LogP contribution in [0.2, 0.25) is 0 Å². The van der Waals surface area contributed by atoms with Crippen LogP contribution in [-0.2, 0) is 16.0 Å². The molecule has 1 N–H and O–H groups in total. The summed E-state index contributed by atoms with van der Waals surface area (Å²) in [5, 5.41) is 12.7. The van der Waals surface area contributed by atoms with Crippen LogP contribution >= 0.6 is 11.3 Å². The molecular formula is C16H16N6O3S. The van der Waals surface area contributed by atoms with Crippen molar-refractivity contribution in [3.05, 3.63) is 47.1 Å². The number of hydrogen-bond donors (Lipinski definition) is 1. The summed E-state index contributed by atoms with van der Waals surface area (Å²) in [5.74, 6) is 0.561. The van der Waals surface area contributed by atoms with Crippen molar-refractivity contribution >= 4 is 28.3 Å². The number of amides is 1. The predicted octanol–water partition coefficient (Wildman–Crippen LogP) is 1.79. The topological polar surface area (TPSA) is 112 Å². The molecule has 26 heavy (non-hydrogen) atoms. The van der Waals surface area contributed by atoms with Crippen molar-refractivity contribution in [2.45, 2.75) is 20.3 Å². The number of aromatic nitrogens is 5. The highest BCUT2D eigenvalue weighted by atomic mass is 32.1. The molecule has 1 amide bonds. The van der Waals surface area contributed by atoms with Gasteiger partial charge in [-0.2, -0.15) is 0 Å². The number of nitrogens with zero attached hydrogens (tertiary/aromatic N) is 5. The van der Waals surface area contributed by atoms with E-state index in [2.05, 4.69) is 25.5 Å². The number of nitrogens with one attached hydrogen (secondary N) is 1. The van der Waals surface area contributed by atoms with E-state index in [9.17, 15) is 9.59 Å². The third kappa shape index (κ3) is 4.09. The van der Waals surface area contributed by atoms with E-state index in [1.54, 1.807) is 41.4 Å². The summed E-state index contributed by atoms with van der Waals surface area (Å²) in [6.45, 7) is 3.91. The van der Waals surface area contributed by atoms with Gasteiger partial charge >= 0.3 is 5.97 Å². The van der Waals surface area contributed by atoms with Crippen LogP contribution in [0.1, 0.15) is 28.9 Å². The first kappa shape index (κ1) is 17.7. The molecule has 3 aromatic rings. The predicted molar refractivity (Wildman–Crippen MR) is 94.3 cm³/mol. The Bertz CT molecular complexity index is 918. The molecule has 0 fully saturated rings. The number of carbonyl (C=O) groups excluding carboxylic acids is 2. The number of esters is 1. The quantitative estimate of drug-likeness (QED) is 0.656. The van der Waals surface area contributed by atoms with Gasteiger partial charge in [0, 0.05) is 17.8 Å². The molecule has 0 unspecified atom stereocenters. The van der Waals surface area contributed by atoms with Gasteiger partial charge in [0.05, 0.1) is 18.7 Å². The smallest absolute Gasteiger partial charge is 0.311 e. The first-order chi connectivity index (χ1) is 12.6. The van der Waals surface area contributed by atoms with Crippen molar-refractivity contribution in [1.82, 2.24) is 24.7 Å². The number of ether oxygens (including phenoxy) is 1. The minimum Gasteiger partial charge on any atom is -0.466 e. The molecule has 10 heteroatoms. The maximum atomic E-state index is 12.3. The minimum absolute atomic E-state index is 0.0684. The Morgan fingerprint density at radius 1 is 1.31 bits per heavy atom. The number of aryl methyl sites for hydroxylation is 1. The van der Waals surface area contributed by atoms with E-state index in [-0.39, 0.29) is 18.1 Å². The van der Waals surface area contributed by atoms with Gasteiger partial charge in [-0.1, -0.05) is 0 Å². The molecule has 0 saturated carbocycles. The van der Waals surface area contributed by atoms with Crippen LogP contribution in [0.4, 0.5) is 5.13 Å². The summed E-state index contributed by atoms with van der Waals surface area (Å²) in [7, 11) is 0. The first-order valence-electron chi connectivity index (χ1n) is 7.82. The van der Waals surface area contributed by atoms with Gasteiger partial charge in [0.15, 0.2) is 16.6 Å².